The standard InChI is InChI=1S/C32H29F5N8S/c33-22-4-3-18(23-20(8-38)28(39)46-27(22)23)24-21(32(35,36)37)7-19-26(25(24)34)41-30(42-29(19)43-9-15-1-2-16(10-43)40-15)44-11-17(12-44)45-13-31(14-45)5-6-31/h3-4,7,15-17,40H,1-2,5-6,9-14,39H2. The van der Waals surface area contributed by atoms with Crippen LogP contribution in [0, 0.1) is 28.4 Å². The minimum Gasteiger partial charge on any atom is -0.389 e. The maximum Gasteiger partial charge on any atom is 0.417 e. The summed E-state index contributed by atoms with van der Waals surface area (Å²) in [6.45, 7) is 4.54. The molecule has 5 fully saturated rings. The first kappa shape index (κ1) is 28.4. The zero-order chi connectivity index (χ0) is 31.7. The van der Waals surface area contributed by atoms with Crippen molar-refractivity contribution in [1.29, 1.82) is 5.26 Å². The summed E-state index contributed by atoms with van der Waals surface area (Å²) in [5, 5.41) is 13.1. The lowest BCUT2D eigenvalue weighted by Gasteiger charge is -2.52. The number of halogens is 5. The van der Waals surface area contributed by atoms with E-state index in [0.717, 1.165) is 55.5 Å². The number of nitrogens with zero attached hydrogens (tertiary/aromatic N) is 6. The largest absolute Gasteiger partial charge is 0.417 e. The molecule has 1 saturated carbocycles. The van der Waals surface area contributed by atoms with Crippen molar-refractivity contribution in [2.24, 2.45) is 5.41 Å². The fraction of sp³-hybridized carbons (Fsp3) is 0.469. The first-order chi connectivity index (χ1) is 22.0. The molecule has 5 aliphatic rings. The van der Waals surface area contributed by atoms with Crippen LogP contribution in [0.3, 0.4) is 0 Å². The third kappa shape index (κ3) is 4.21. The second-order valence-electron chi connectivity index (χ2n) is 13.6. The quantitative estimate of drug-likeness (QED) is 0.280. The predicted octanol–water partition coefficient (Wildman–Crippen LogP) is 5.49. The number of aromatic nitrogens is 2. The van der Waals surface area contributed by atoms with Gasteiger partial charge in [0.25, 0.3) is 0 Å². The van der Waals surface area contributed by atoms with E-state index in [1.165, 1.54) is 12.8 Å². The van der Waals surface area contributed by atoms with Gasteiger partial charge in [0.15, 0.2) is 5.82 Å². The second-order valence-corrected chi connectivity index (χ2v) is 14.7. The molecule has 14 heteroatoms. The number of fused-ring (bicyclic) bond motifs is 4. The minimum absolute atomic E-state index is 0.0298. The molecule has 2 aromatic heterocycles. The molecule has 4 aliphatic heterocycles. The van der Waals surface area contributed by atoms with E-state index in [2.05, 4.69) is 15.2 Å². The maximum atomic E-state index is 17.0. The molecule has 2 unspecified atom stereocenters. The van der Waals surface area contributed by atoms with E-state index >= 15 is 4.39 Å². The van der Waals surface area contributed by atoms with E-state index in [1.807, 2.05) is 15.9 Å². The summed E-state index contributed by atoms with van der Waals surface area (Å²) in [7, 11) is 0. The highest BCUT2D eigenvalue weighted by Gasteiger charge is 2.55. The van der Waals surface area contributed by atoms with Crippen molar-refractivity contribution in [1.82, 2.24) is 20.2 Å². The molecule has 0 radical (unpaired) electrons. The number of hydrogen-bond acceptors (Lipinski definition) is 9. The average molecular weight is 653 g/mol. The molecular formula is C32H29F5N8S. The Morgan fingerprint density at radius 1 is 1.02 bits per heavy atom. The summed E-state index contributed by atoms with van der Waals surface area (Å²) in [6.07, 6.45) is -0.544. The highest BCUT2D eigenvalue weighted by atomic mass is 32.1. The van der Waals surface area contributed by atoms with E-state index in [1.54, 1.807) is 0 Å². The average Bonchev–Trinajstić information content (AvgIpc) is 3.61. The Morgan fingerprint density at radius 2 is 1.74 bits per heavy atom. The summed E-state index contributed by atoms with van der Waals surface area (Å²) in [5.41, 5.74) is 3.77. The van der Waals surface area contributed by atoms with Crippen LogP contribution in [0.2, 0.25) is 0 Å². The van der Waals surface area contributed by atoms with Crippen LogP contribution in [0.4, 0.5) is 38.7 Å². The predicted molar refractivity (Wildman–Crippen MR) is 166 cm³/mol. The van der Waals surface area contributed by atoms with Gasteiger partial charge in [-0.25, -0.2) is 13.8 Å². The fourth-order valence-corrected chi connectivity index (χ4v) is 8.91. The smallest absolute Gasteiger partial charge is 0.389 e. The zero-order valence-electron chi connectivity index (χ0n) is 24.6. The summed E-state index contributed by atoms with van der Waals surface area (Å²) in [6, 6.07) is 5.51. The van der Waals surface area contributed by atoms with Crippen molar-refractivity contribution in [2.75, 3.05) is 54.8 Å². The summed E-state index contributed by atoms with van der Waals surface area (Å²) >= 11 is 0.747. The number of nitrogen functional groups attached to an aromatic ring is 1. The van der Waals surface area contributed by atoms with Crippen LogP contribution in [-0.4, -0.2) is 72.3 Å². The number of nitrogens with two attached hydrogens (primary N) is 1. The minimum atomic E-state index is -4.99. The van der Waals surface area contributed by atoms with Crippen molar-refractivity contribution < 1.29 is 22.0 Å². The van der Waals surface area contributed by atoms with Gasteiger partial charge in [0.2, 0.25) is 5.95 Å². The number of likely N-dealkylation sites (tertiary alicyclic amines) is 1. The third-order valence-electron chi connectivity index (χ3n) is 10.6. The van der Waals surface area contributed by atoms with E-state index in [-0.39, 0.29) is 61.0 Å². The van der Waals surface area contributed by atoms with Gasteiger partial charge < -0.3 is 20.9 Å². The first-order valence-electron chi connectivity index (χ1n) is 15.5. The third-order valence-corrected chi connectivity index (χ3v) is 11.6. The van der Waals surface area contributed by atoms with Gasteiger partial charge in [-0.15, -0.1) is 11.3 Å². The number of anilines is 3. The van der Waals surface area contributed by atoms with Crippen molar-refractivity contribution in [3.63, 3.8) is 0 Å². The van der Waals surface area contributed by atoms with Crippen LogP contribution in [0.5, 0.6) is 0 Å². The van der Waals surface area contributed by atoms with Gasteiger partial charge in [-0.05, 0) is 48.8 Å². The SMILES string of the molecule is N#Cc1c(N)sc2c(F)ccc(-c3c(C(F)(F)F)cc4c(N5CC6CCC(C5)N6)nc(N5CC(N6CC7(CC7)C6)C5)nc4c3F)c12. The molecule has 4 aromatic rings. The molecule has 6 heterocycles. The summed E-state index contributed by atoms with van der Waals surface area (Å²) in [4.78, 5) is 15.8. The van der Waals surface area contributed by atoms with Crippen molar-refractivity contribution >= 4 is 49.1 Å². The highest BCUT2D eigenvalue weighted by molar-refractivity contribution is 7.23. The van der Waals surface area contributed by atoms with Gasteiger partial charge in [-0.3, -0.25) is 4.90 Å². The molecule has 0 amide bonds. The Morgan fingerprint density at radius 3 is 2.39 bits per heavy atom. The van der Waals surface area contributed by atoms with Crippen LogP contribution >= 0.6 is 11.3 Å². The molecule has 9 rings (SSSR count). The van der Waals surface area contributed by atoms with Crippen molar-refractivity contribution in [3.8, 4) is 17.2 Å². The normalized spacial score (nSPS) is 24.1. The molecule has 2 atom stereocenters. The Bertz CT molecular complexity index is 1970. The maximum absolute atomic E-state index is 17.0. The molecule has 4 saturated heterocycles. The molecule has 2 aromatic carbocycles. The molecule has 1 spiro atoms. The number of piperazine rings is 1. The molecule has 3 N–H and O–H groups in total. The van der Waals surface area contributed by atoms with Gasteiger partial charge in [-0.1, -0.05) is 6.07 Å². The van der Waals surface area contributed by atoms with Crippen LogP contribution in [0.15, 0.2) is 18.2 Å². The molecule has 46 heavy (non-hydrogen) atoms. The Kier molecular flexibility index (Phi) is 5.94. The van der Waals surface area contributed by atoms with Gasteiger partial charge in [0.05, 0.1) is 15.8 Å². The van der Waals surface area contributed by atoms with Crippen LogP contribution in [0.1, 0.15) is 36.8 Å². The van der Waals surface area contributed by atoms with E-state index < -0.39 is 28.9 Å². The summed E-state index contributed by atoms with van der Waals surface area (Å²) < 4.78 is 76.5. The van der Waals surface area contributed by atoms with E-state index in [0.29, 0.717) is 37.6 Å². The number of nitrogens with one attached hydrogen (secondary N) is 1. The number of thiophene rings is 1. The van der Waals surface area contributed by atoms with Gasteiger partial charge in [0.1, 0.15) is 28.2 Å². The molecule has 1 aliphatic carbocycles. The topological polar surface area (TPSA) is 97.3 Å². The number of hydrogen-bond donors (Lipinski definition) is 2. The van der Waals surface area contributed by atoms with Gasteiger partial charge >= 0.3 is 6.18 Å². The Labute approximate surface area is 264 Å². The summed E-state index contributed by atoms with van der Waals surface area (Å²) in [5.74, 6) is -1.39. The lowest BCUT2D eigenvalue weighted by Crippen LogP contribution is -2.66. The van der Waals surface area contributed by atoms with Crippen molar-refractivity contribution in [3.05, 3.63) is 41.0 Å². The molecule has 238 valence electrons. The Balaban J connectivity index is 1.23. The van der Waals surface area contributed by atoms with Gasteiger partial charge in [0, 0.05) is 73.7 Å². The van der Waals surface area contributed by atoms with Crippen LogP contribution in [0.25, 0.3) is 32.1 Å². The first-order valence-corrected chi connectivity index (χ1v) is 16.4. The van der Waals surface area contributed by atoms with Crippen LogP contribution in [-0.2, 0) is 6.18 Å². The Hall–Kier alpha value is -3.80. The van der Waals surface area contributed by atoms with E-state index in [4.69, 9.17) is 10.7 Å². The fourth-order valence-electron chi connectivity index (χ4n) is 7.96. The van der Waals surface area contributed by atoms with Crippen molar-refractivity contribution in [2.45, 2.75) is 50.0 Å². The zero-order valence-corrected chi connectivity index (χ0v) is 25.4. The number of nitriles is 1. The monoisotopic (exact) mass is 652 g/mol. The number of rotatable bonds is 4. The molecule has 2 bridgehead atoms. The number of benzene rings is 2. The van der Waals surface area contributed by atoms with Gasteiger partial charge in [-0.2, -0.15) is 23.4 Å². The molecular weight excluding hydrogens is 623 g/mol. The lowest BCUT2D eigenvalue weighted by molar-refractivity contribution is -0.137. The second kappa shape index (κ2) is 9.62. The number of alkyl halides is 3. The highest BCUT2D eigenvalue weighted by Crippen LogP contribution is 2.54. The van der Waals surface area contributed by atoms with Crippen LogP contribution < -0.4 is 20.9 Å². The lowest BCUT2D eigenvalue weighted by atomic mass is 9.92. The van der Waals surface area contributed by atoms with E-state index in [9.17, 15) is 22.8 Å². The molecule has 8 nitrogen and oxygen atoms in total.